The molecule has 140 valence electrons. The van der Waals surface area contributed by atoms with E-state index in [2.05, 4.69) is 50.9 Å². The number of thiol groups is 2. The number of hydrogen-bond donors (Lipinski definition) is 2. The van der Waals surface area contributed by atoms with Gasteiger partial charge in [0.05, 0.1) is 0 Å². The molecule has 0 aromatic heterocycles. The fourth-order valence-electron chi connectivity index (χ4n) is 3.07. The number of hydrogen-bond acceptors (Lipinski definition) is 3. The largest absolute Gasteiger partial charge is 0.179 e. The van der Waals surface area contributed by atoms with Gasteiger partial charge in [-0.25, -0.2) is 0 Å². The molecule has 0 aromatic carbocycles. The molecule has 2 atom stereocenters. The minimum absolute atomic E-state index is 0.828. The molecular weight excluding hydrogens is 336 g/mol. The Kier molecular flexibility index (Phi) is 20.3. The molecule has 2 unspecified atom stereocenters. The highest BCUT2D eigenvalue weighted by atomic mass is 32.2. The van der Waals surface area contributed by atoms with Crippen molar-refractivity contribution in [2.75, 3.05) is 11.5 Å². The minimum Gasteiger partial charge on any atom is -0.179 e. The van der Waals surface area contributed by atoms with E-state index >= 15 is 0 Å². The van der Waals surface area contributed by atoms with E-state index in [4.69, 9.17) is 0 Å². The summed E-state index contributed by atoms with van der Waals surface area (Å²) in [7, 11) is 0. The van der Waals surface area contributed by atoms with Crippen LogP contribution in [0.5, 0.6) is 0 Å². The van der Waals surface area contributed by atoms with Gasteiger partial charge in [0.2, 0.25) is 0 Å². The molecule has 0 aliphatic heterocycles. The predicted octanol–water partition coefficient (Wildman–Crippen LogP) is 7.82. The molecule has 0 spiro atoms. The molecule has 23 heavy (non-hydrogen) atoms. The van der Waals surface area contributed by atoms with Gasteiger partial charge in [-0.3, -0.25) is 0 Å². The fourth-order valence-corrected chi connectivity index (χ4v) is 5.70. The second kappa shape index (κ2) is 19.4. The highest BCUT2D eigenvalue weighted by Gasteiger charge is 2.16. The van der Waals surface area contributed by atoms with E-state index in [1.165, 1.54) is 89.9 Å². The highest BCUT2D eigenvalue weighted by molar-refractivity contribution is 8.00. The average molecular weight is 379 g/mol. The summed E-state index contributed by atoms with van der Waals surface area (Å²) in [5, 5.41) is 1.66. The van der Waals surface area contributed by atoms with E-state index < -0.39 is 0 Å². The monoisotopic (exact) mass is 378 g/mol. The van der Waals surface area contributed by atoms with Crippen LogP contribution < -0.4 is 0 Å². The fraction of sp³-hybridized carbons (Fsp3) is 1.00. The van der Waals surface area contributed by atoms with Crippen LogP contribution in [-0.2, 0) is 0 Å². The molecule has 0 aliphatic carbocycles. The maximum absolute atomic E-state index is 4.49. The van der Waals surface area contributed by atoms with E-state index in [1.807, 2.05) is 0 Å². The number of rotatable bonds is 18. The first-order valence-electron chi connectivity index (χ1n) is 10.2. The topological polar surface area (TPSA) is 0 Å². The van der Waals surface area contributed by atoms with Crippen molar-refractivity contribution in [1.29, 1.82) is 0 Å². The lowest BCUT2D eigenvalue weighted by Crippen LogP contribution is -2.13. The van der Waals surface area contributed by atoms with Gasteiger partial charge in [0.15, 0.2) is 0 Å². The van der Waals surface area contributed by atoms with Crippen molar-refractivity contribution < 1.29 is 0 Å². The molecule has 0 radical (unpaired) electrons. The van der Waals surface area contributed by atoms with E-state index in [1.54, 1.807) is 0 Å². The van der Waals surface area contributed by atoms with Crippen LogP contribution in [0.4, 0.5) is 0 Å². The van der Waals surface area contributed by atoms with Gasteiger partial charge >= 0.3 is 0 Å². The van der Waals surface area contributed by atoms with Gasteiger partial charge < -0.3 is 0 Å². The summed E-state index contributed by atoms with van der Waals surface area (Å²) in [5.41, 5.74) is 0. The highest BCUT2D eigenvalue weighted by Crippen LogP contribution is 2.31. The van der Waals surface area contributed by atoms with Crippen molar-refractivity contribution >= 4 is 37.0 Å². The zero-order chi connectivity index (χ0) is 17.2. The molecule has 0 saturated carbocycles. The molecule has 0 amide bonds. The molecule has 0 saturated heterocycles. The number of unbranched alkanes of at least 4 members (excludes halogenated alkanes) is 8. The first-order chi connectivity index (χ1) is 11.3. The average Bonchev–Trinajstić information content (AvgIpc) is 2.54. The van der Waals surface area contributed by atoms with E-state index in [0.717, 1.165) is 22.0 Å². The van der Waals surface area contributed by atoms with Crippen molar-refractivity contribution in [3.05, 3.63) is 0 Å². The van der Waals surface area contributed by atoms with Gasteiger partial charge in [0.1, 0.15) is 0 Å². The lowest BCUT2D eigenvalue weighted by molar-refractivity contribution is 0.580. The third-order valence-electron chi connectivity index (χ3n) is 4.55. The van der Waals surface area contributed by atoms with Gasteiger partial charge in [0, 0.05) is 10.5 Å². The SMILES string of the molecule is CCCCCCCC(CCS)SC(CCS)CCCCCCC. The molecule has 0 rings (SSSR count). The molecule has 0 aromatic rings. The summed E-state index contributed by atoms with van der Waals surface area (Å²) in [6.07, 6.45) is 19.4. The normalized spacial score (nSPS) is 14.1. The maximum Gasteiger partial charge on any atom is 0.00575 e. The molecule has 0 bridgehead atoms. The van der Waals surface area contributed by atoms with Crippen LogP contribution in [-0.4, -0.2) is 22.0 Å². The maximum atomic E-state index is 4.49. The molecule has 0 aliphatic rings. The Morgan fingerprint density at radius 2 is 0.957 bits per heavy atom. The van der Waals surface area contributed by atoms with Crippen molar-refractivity contribution in [2.24, 2.45) is 0 Å². The van der Waals surface area contributed by atoms with Crippen molar-refractivity contribution in [1.82, 2.24) is 0 Å². The summed E-state index contributed by atoms with van der Waals surface area (Å²) >= 11 is 11.3. The predicted molar refractivity (Wildman–Crippen MR) is 119 cm³/mol. The molecule has 0 nitrogen and oxygen atoms in total. The molecule has 3 heteroatoms. The first kappa shape index (κ1) is 24.1. The van der Waals surface area contributed by atoms with Crippen LogP contribution in [0.3, 0.4) is 0 Å². The van der Waals surface area contributed by atoms with Crippen LogP contribution in [0.25, 0.3) is 0 Å². The standard InChI is InChI=1S/C20H42S3/c1-3-5-7-9-11-13-19(15-17-21)23-20(16-18-22)14-12-10-8-6-4-2/h19-22H,3-18H2,1-2H3. The summed E-state index contributed by atoms with van der Waals surface area (Å²) in [6, 6.07) is 0. The van der Waals surface area contributed by atoms with E-state index in [-0.39, 0.29) is 0 Å². The summed E-state index contributed by atoms with van der Waals surface area (Å²) in [5.74, 6) is 2.08. The lowest BCUT2D eigenvalue weighted by Gasteiger charge is -2.23. The summed E-state index contributed by atoms with van der Waals surface area (Å²) in [6.45, 7) is 4.59. The van der Waals surface area contributed by atoms with E-state index in [9.17, 15) is 0 Å². The first-order valence-corrected chi connectivity index (χ1v) is 12.4. The zero-order valence-corrected chi connectivity index (χ0v) is 18.4. The second-order valence-corrected chi connectivity index (χ2v) is 9.31. The van der Waals surface area contributed by atoms with Crippen LogP contribution >= 0.6 is 37.0 Å². The van der Waals surface area contributed by atoms with Gasteiger partial charge in [-0.2, -0.15) is 37.0 Å². The van der Waals surface area contributed by atoms with Gasteiger partial charge in [0.25, 0.3) is 0 Å². The van der Waals surface area contributed by atoms with Crippen molar-refractivity contribution in [3.63, 3.8) is 0 Å². The van der Waals surface area contributed by atoms with Crippen LogP contribution in [0.15, 0.2) is 0 Å². The molecule has 0 fully saturated rings. The van der Waals surface area contributed by atoms with Crippen molar-refractivity contribution in [2.45, 2.75) is 114 Å². The second-order valence-electron chi connectivity index (χ2n) is 6.81. The minimum atomic E-state index is 0.828. The zero-order valence-electron chi connectivity index (χ0n) is 15.8. The van der Waals surface area contributed by atoms with Gasteiger partial charge in [-0.05, 0) is 37.2 Å². The Labute approximate surface area is 162 Å². The Balaban J connectivity index is 4.02. The molecule has 0 heterocycles. The van der Waals surface area contributed by atoms with Crippen molar-refractivity contribution in [3.8, 4) is 0 Å². The van der Waals surface area contributed by atoms with E-state index in [0.29, 0.717) is 0 Å². The smallest absolute Gasteiger partial charge is 0.00575 e. The van der Waals surface area contributed by atoms with Crippen LogP contribution in [0.1, 0.15) is 104 Å². The third kappa shape index (κ3) is 16.3. The quantitative estimate of drug-likeness (QED) is 0.181. The Morgan fingerprint density at radius 1 is 0.565 bits per heavy atom. The Bertz CT molecular complexity index is 199. The van der Waals surface area contributed by atoms with Gasteiger partial charge in [-0.15, -0.1) is 0 Å². The lowest BCUT2D eigenvalue weighted by atomic mass is 10.1. The summed E-state index contributed by atoms with van der Waals surface area (Å²) < 4.78 is 0. The number of thioether (sulfide) groups is 1. The Hall–Kier alpha value is 1.05. The molecule has 0 N–H and O–H groups in total. The third-order valence-corrected chi connectivity index (χ3v) is 6.78. The van der Waals surface area contributed by atoms with Gasteiger partial charge in [-0.1, -0.05) is 78.1 Å². The van der Waals surface area contributed by atoms with Crippen LogP contribution in [0.2, 0.25) is 0 Å². The summed E-state index contributed by atoms with van der Waals surface area (Å²) in [4.78, 5) is 0. The van der Waals surface area contributed by atoms with Crippen LogP contribution in [0, 0.1) is 0 Å². The Morgan fingerprint density at radius 3 is 1.30 bits per heavy atom. The molecular formula is C20H42S3.